The van der Waals surface area contributed by atoms with Gasteiger partial charge < -0.3 is 28.8 Å². The van der Waals surface area contributed by atoms with Crippen molar-refractivity contribution in [3.63, 3.8) is 0 Å². The molecule has 1 fully saturated rings. The average Bonchev–Trinajstić information content (AvgIpc) is 3.60. The monoisotopic (exact) mass is 475 g/mol. The summed E-state index contributed by atoms with van der Waals surface area (Å²) in [7, 11) is 1.68. The Morgan fingerprint density at radius 2 is 1.86 bits per heavy atom. The second-order valence-electron chi connectivity index (χ2n) is 8.44. The van der Waals surface area contributed by atoms with Gasteiger partial charge in [-0.2, -0.15) is 0 Å². The third kappa shape index (κ3) is 5.44. The zero-order chi connectivity index (χ0) is 24.0. The smallest absolute Gasteiger partial charge is 0.244 e. The molecule has 2 aliphatic rings. The van der Waals surface area contributed by atoms with Gasteiger partial charge in [0.15, 0.2) is 11.5 Å². The topological polar surface area (TPSA) is 76.4 Å². The van der Waals surface area contributed by atoms with Crippen LogP contribution < -0.4 is 24.4 Å². The molecular formula is C27H29N3O5. The van der Waals surface area contributed by atoms with E-state index >= 15 is 0 Å². The number of carbonyl (C=O) groups is 1. The van der Waals surface area contributed by atoms with Gasteiger partial charge >= 0.3 is 0 Å². The third-order valence-corrected chi connectivity index (χ3v) is 6.36. The molecule has 3 aromatic rings. The minimum atomic E-state index is -0.156. The highest BCUT2D eigenvalue weighted by atomic mass is 16.7. The molecule has 0 spiro atoms. The number of carbonyl (C=O) groups excluding carboxylic acids is 1. The van der Waals surface area contributed by atoms with Crippen LogP contribution in [-0.4, -0.2) is 57.4 Å². The van der Waals surface area contributed by atoms with Crippen molar-refractivity contribution in [1.82, 2.24) is 10.2 Å². The second-order valence-corrected chi connectivity index (χ2v) is 8.44. The quantitative estimate of drug-likeness (QED) is 0.498. The Kier molecular flexibility index (Phi) is 6.90. The van der Waals surface area contributed by atoms with Crippen LogP contribution in [0.2, 0.25) is 0 Å². The molecule has 8 nitrogen and oxygen atoms in total. The van der Waals surface area contributed by atoms with Gasteiger partial charge in [-0.3, -0.25) is 9.69 Å². The van der Waals surface area contributed by atoms with Crippen LogP contribution in [-0.2, 0) is 4.79 Å². The average molecular weight is 476 g/mol. The Morgan fingerprint density at radius 3 is 2.60 bits per heavy atom. The predicted molar refractivity (Wildman–Crippen MR) is 133 cm³/mol. The Morgan fingerprint density at radius 1 is 1.06 bits per heavy atom. The van der Waals surface area contributed by atoms with Crippen molar-refractivity contribution in [3.05, 3.63) is 78.3 Å². The molecule has 5 rings (SSSR count). The van der Waals surface area contributed by atoms with E-state index in [0.717, 1.165) is 49.0 Å². The summed E-state index contributed by atoms with van der Waals surface area (Å²) >= 11 is 0. The number of piperazine rings is 1. The van der Waals surface area contributed by atoms with Crippen molar-refractivity contribution in [2.75, 3.05) is 51.5 Å². The Hall–Kier alpha value is -3.91. The van der Waals surface area contributed by atoms with E-state index in [9.17, 15) is 4.79 Å². The van der Waals surface area contributed by atoms with Crippen LogP contribution in [0, 0.1) is 0 Å². The Balaban J connectivity index is 1.18. The molecule has 35 heavy (non-hydrogen) atoms. The van der Waals surface area contributed by atoms with Gasteiger partial charge in [0.05, 0.1) is 19.4 Å². The third-order valence-electron chi connectivity index (χ3n) is 6.36. The number of hydrogen-bond acceptors (Lipinski definition) is 7. The van der Waals surface area contributed by atoms with Crippen LogP contribution >= 0.6 is 0 Å². The number of ether oxygens (including phenoxy) is 3. The number of nitrogens with zero attached hydrogens (tertiary/aromatic N) is 2. The molecule has 182 valence electrons. The molecule has 1 aromatic heterocycles. The van der Waals surface area contributed by atoms with Gasteiger partial charge in [0.25, 0.3) is 0 Å². The summed E-state index contributed by atoms with van der Waals surface area (Å²) in [5.41, 5.74) is 2.06. The molecule has 2 aromatic carbocycles. The van der Waals surface area contributed by atoms with E-state index < -0.39 is 0 Å². The predicted octanol–water partition coefficient (Wildman–Crippen LogP) is 3.71. The minimum absolute atomic E-state index is 0.0362. The van der Waals surface area contributed by atoms with Gasteiger partial charge in [0.2, 0.25) is 12.7 Å². The van der Waals surface area contributed by atoms with Crippen LogP contribution in [0.1, 0.15) is 17.4 Å². The molecule has 0 aliphatic carbocycles. The molecule has 3 heterocycles. The van der Waals surface area contributed by atoms with Crippen molar-refractivity contribution >= 4 is 17.7 Å². The number of rotatable bonds is 8. The summed E-state index contributed by atoms with van der Waals surface area (Å²) in [5.74, 6) is 2.96. The highest BCUT2D eigenvalue weighted by Gasteiger charge is 2.27. The number of anilines is 1. The first-order valence-electron chi connectivity index (χ1n) is 11.7. The van der Waals surface area contributed by atoms with E-state index in [4.69, 9.17) is 18.6 Å². The van der Waals surface area contributed by atoms with E-state index in [1.54, 1.807) is 25.5 Å². The molecule has 0 bridgehead atoms. The lowest BCUT2D eigenvalue weighted by molar-refractivity contribution is -0.116. The van der Waals surface area contributed by atoms with E-state index in [1.807, 2.05) is 42.5 Å². The molecule has 2 aliphatic heterocycles. The second kappa shape index (κ2) is 10.6. The molecular weight excluding hydrogens is 446 g/mol. The van der Waals surface area contributed by atoms with E-state index in [2.05, 4.69) is 27.2 Å². The van der Waals surface area contributed by atoms with Crippen LogP contribution in [0.4, 0.5) is 5.69 Å². The number of furan rings is 1. The summed E-state index contributed by atoms with van der Waals surface area (Å²) < 4.78 is 21.7. The number of nitrogens with one attached hydrogen (secondary N) is 1. The zero-order valence-corrected chi connectivity index (χ0v) is 19.7. The number of amides is 1. The molecule has 0 radical (unpaired) electrons. The van der Waals surface area contributed by atoms with E-state index in [0.29, 0.717) is 12.3 Å². The van der Waals surface area contributed by atoms with Crippen LogP contribution in [0.3, 0.4) is 0 Å². The van der Waals surface area contributed by atoms with Crippen molar-refractivity contribution in [1.29, 1.82) is 0 Å². The Labute approximate surface area is 204 Å². The normalized spacial score (nSPS) is 16.4. The van der Waals surface area contributed by atoms with Crippen LogP contribution in [0.15, 0.2) is 71.4 Å². The largest absolute Gasteiger partial charge is 0.497 e. The maximum atomic E-state index is 12.6. The first-order chi connectivity index (χ1) is 17.2. The molecule has 1 amide bonds. The van der Waals surface area contributed by atoms with E-state index in [1.165, 1.54) is 5.69 Å². The fourth-order valence-electron chi connectivity index (χ4n) is 4.42. The fraction of sp³-hybridized carbons (Fsp3) is 0.296. The molecule has 0 saturated carbocycles. The van der Waals surface area contributed by atoms with Gasteiger partial charge in [0.1, 0.15) is 11.5 Å². The van der Waals surface area contributed by atoms with Crippen molar-refractivity contribution in [2.24, 2.45) is 0 Å². The first-order valence-corrected chi connectivity index (χ1v) is 11.7. The van der Waals surface area contributed by atoms with Crippen molar-refractivity contribution < 1.29 is 23.4 Å². The zero-order valence-electron chi connectivity index (χ0n) is 19.7. The van der Waals surface area contributed by atoms with E-state index in [-0.39, 0.29) is 18.7 Å². The van der Waals surface area contributed by atoms with Gasteiger partial charge in [0, 0.05) is 44.5 Å². The van der Waals surface area contributed by atoms with Crippen LogP contribution in [0.5, 0.6) is 17.2 Å². The van der Waals surface area contributed by atoms with Gasteiger partial charge in [-0.25, -0.2) is 0 Å². The summed E-state index contributed by atoms with van der Waals surface area (Å²) in [5, 5.41) is 3.04. The number of fused-ring (bicyclic) bond motifs is 1. The van der Waals surface area contributed by atoms with Gasteiger partial charge in [-0.1, -0.05) is 6.07 Å². The Bertz CT molecular complexity index is 1150. The lowest BCUT2D eigenvalue weighted by Gasteiger charge is -2.39. The van der Waals surface area contributed by atoms with Crippen molar-refractivity contribution in [2.45, 2.75) is 6.04 Å². The summed E-state index contributed by atoms with van der Waals surface area (Å²) in [6, 6.07) is 17.6. The first kappa shape index (κ1) is 22.9. The highest BCUT2D eigenvalue weighted by Crippen LogP contribution is 2.32. The maximum Gasteiger partial charge on any atom is 0.244 e. The fourth-order valence-corrected chi connectivity index (χ4v) is 4.42. The number of hydrogen-bond donors (Lipinski definition) is 1. The standard InChI is InChI=1S/C27H29N3O5/c1-32-22-8-6-21(7-9-22)29-12-14-30(15-13-29)23(24-3-2-16-33-24)18-28-27(31)11-5-20-4-10-25-26(17-20)35-19-34-25/h2-11,16-17,23H,12-15,18-19H2,1H3,(H,28,31)/b11-5+. The summed E-state index contributed by atoms with van der Waals surface area (Å²) in [6.07, 6.45) is 4.99. The van der Waals surface area contributed by atoms with Gasteiger partial charge in [-0.05, 0) is 60.2 Å². The SMILES string of the molecule is COc1ccc(N2CCN(C(CNC(=O)/C=C/c3ccc4c(c3)OCO4)c3ccco3)CC2)cc1. The minimum Gasteiger partial charge on any atom is -0.497 e. The molecule has 1 N–H and O–H groups in total. The molecule has 1 saturated heterocycles. The molecule has 1 unspecified atom stereocenters. The highest BCUT2D eigenvalue weighted by molar-refractivity contribution is 5.91. The molecule has 8 heteroatoms. The van der Waals surface area contributed by atoms with Gasteiger partial charge in [-0.15, -0.1) is 0 Å². The summed E-state index contributed by atoms with van der Waals surface area (Å²) in [6.45, 7) is 4.19. The maximum absolute atomic E-state index is 12.6. The van der Waals surface area contributed by atoms with Crippen LogP contribution in [0.25, 0.3) is 6.08 Å². The number of benzene rings is 2. The summed E-state index contributed by atoms with van der Waals surface area (Å²) in [4.78, 5) is 17.3. The number of methoxy groups -OCH3 is 1. The lowest BCUT2D eigenvalue weighted by atomic mass is 10.1. The lowest BCUT2D eigenvalue weighted by Crippen LogP contribution is -2.49. The molecule has 1 atom stereocenters. The van der Waals surface area contributed by atoms with Crippen molar-refractivity contribution in [3.8, 4) is 17.2 Å².